The van der Waals surface area contributed by atoms with Crippen LogP contribution in [0.15, 0.2) is 54.1 Å². The van der Waals surface area contributed by atoms with E-state index in [-0.39, 0.29) is 17.9 Å². The van der Waals surface area contributed by atoms with Crippen LogP contribution < -0.4 is 4.74 Å². The summed E-state index contributed by atoms with van der Waals surface area (Å²) >= 11 is 0. The van der Waals surface area contributed by atoms with Crippen molar-refractivity contribution < 1.29 is 24.5 Å². The first-order valence-electron chi connectivity index (χ1n) is 10.5. The van der Waals surface area contributed by atoms with Gasteiger partial charge >= 0.3 is 0 Å². The second-order valence-electron chi connectivity index (χ2n) is 8.05. The predicted molar refractivity (Wildman–Crippen MR) is 119 cm³/mol. The monoisotopic (exact) mass is 423 g/mol. The minimum Gasteiger partial charge on any atom is -0.507 e. The fourth-order valence-corrected chi connectivity index (χ4v) is 3.85. The molecule has 0 aromatic heterocycles. The molecule has 0 aliphatic carbocycles. The zero-order valence-electron chi connectivity index (χ0n) is 18.3. The van der Waals surface area contributed by atoms with E-state index in [1.165, 1.54) is 4.90 Å². The Morgan fingerprint density at radius 3 is 2.29 bits per heavy atom. The number of Topliss-reactive ketones (excluding diaryl/α,β-unsaturated/α-hetero) is 1. The van der Waals surface area contributed by atoms with Crippen molar-refractivity contribution in [1.82, 2.24) is 4.90 Å². The number of nitrogens with zero attached hydrogens (tertiary/aromatic N) is 1. The maximum absolute atomic E-state index is 13.0. The molecule has 6 heteroatoms. The molecule has 2 aromatic rings. The van der Waals surface area contributed by atoms with E-state index >= 15 is 0 Å². The minimum absolute atomic E-state index is 0.00454. The van der Waals surface area contributed by atoms with Gasteiger partial charge in [-0.1, -0.05) is 50.2 Å². The first-order valence-corrected chi connectivity index (χ1v) is 10.5. The van der Waals surface area contributed by atoms with E-state index in [2.05, 4.69) is 13.8 Å². The van der Waals surface area contributed by atoms with Crippen LogP contribution in [0.1, 0.15) is 56.3 Å². The number of aliphatic hydroxyl groups excluding tert-OH is 2. The lowest BCUT2D eigenvalue weighted by atomic mass is 9.93. The fourth-order valence-electron chi connectivity index (χ4n) is 3.85. The fraction of sp³-hybridized carbons (Fsp3) is 0.360. The molecule has 0 spiro atoms. The topological polar surface area (TPSA) is 87.1 Å². The summed E-state index contributed by atoms with van der Waals surface area (Å²) in [4.78, 5) is 27.2. The van der Waals surface area contributed by atoms with Crippen molar-refractivity contribution >= 4 is 17.4 Å². The predicted octanol–water partition coefficient (Wildman–Crippen LogP) is 4.01. The molecule has 2 unspecified atom stereocenters. The standard InChI is InChI=1S/C25H29NO5/c1-5-31-20-9-7-6-8-19(20)23(28)21-22(18-12-10-17(11-13-18)15(2)3)26(14-16(4)27)25(30)24(21)29/h6-13,15-16,22,27-28H,5,14H2,1-4H3. The third kappa shape index (κ3) is 4.49. The number of rotatable bonds is 7. The highest BCUT2D eigenvalue weighted by atomic mass is 16.5. The highest BCUT2D eigenvalue weighted by Gasteiger charge is 2.46. The summed E-state index contributed by atoms with van der Waals surface area (Å²) in [5.41, 5.74) is 2.16. The molecular weight excluding hydrogens is 394 g/mol. The summed E-state index contributed by atoms with van der Waals surface area (Å²) < 4.78 is 5.61. The van der Waals surface area contributed by atoms with Gasteiger partial charge in [0.15, 0.2) is 0 Å². The van der Waals surface area contributed by atoms with Crippen LogP contribution in [0.5, 0.6) is 5.75 Å². The van der Waals surface area contributed by atoms with Crippen LogP contribution in [0.25, 0.3) is 5.76 Å². The van der Waals surface area contributed by atoms with Crippen molar-refractivity contribution in [2.75, 3.05) is 13.2 Å². The van der Waals surface area contributed by atoms with E-state index in [9.17, 15) is 19.8 Å². The summed E-state index contributed by atoms with van der Waals surface area (Å²) in [6.07, 6.45) is -0.827. The third-order valence-electron chi connectivity index (χ3n) is 5.36. The van der Waals surface area contributed by atoms with Crippen LogP contribution >= 0.6 is 0 Å². The number of para-hydroxylation sites is 1. The van der Waals surface area contributed by atoms with Crippen molar-refractivity contribution in [2.24, 2.45) is 0 Å². The largest absolute Gasteiger partial charge is 0.507 e. The second-order valence-corrected chi connectivity index (χ2v) is 8.05. The molecule has 2 N–H and O–H groups in total. The Hall–Kier alpha value is -3.12. The number of ether oxygens (including phenoxy) is 1. The minimum atomic E-state index is -0.827. The summed E-state index contributed by atoms with van der Waals surface area (Å²) in [7, 11) is 0. The maximum Gasteiger partial charge on any atom is 0.295 e. The number of carbonyl (C=O) groups is 2. The smallest absolute Gasteiger partial charge is 0.295 e. The van der Waals surface area contributed by atoms with Gasteiger partial charge in [-0.2, -0.15) is 0 Å². The van der Waals surface area contributed by atoms with Crippen LogP contribution in [0.4, 0.5) is 0 Å². The summed E-state index contributed by atoms with van der Waals surface area (Å²) in [6, 6.07) is 13.7. The van der Waals surface area contributed by atoms with Gasteiger partial charge in [0.2, 0.25) is 0 Å². The lowest BCUT2D eigenvalue weighted by Gasteiger charge is -2.26. The highest BCUT2D eigenvalue weighted by Crippen LogP contribution is 2.41. The molecule has 0 saturated carbocycles. The number of carbonyl (C=O) groups excluding carboxylic acids is 2. The van der Waals surface area contributed by atoms with Crippen molar-refractivity contribution in [3.8, 4) is 5.75 Å². The number of hydrogen-bond acceptors (Lipinski definition) is 5. The second kappa shape index (κ2) is 9.35. The molecule has 0 bridgehead atoms. The Bertz CT molecular complexity index is 991. The number of β-amino-alcohol motifs (C(OH)–C–C–N with tert-alkyl or cyclic N) is 1. The first kappa shape index (κ1) is 22.6. The normalized spacial score (nSPS) is 19.2. The Balaban J connectivity index is 2.19. The van der Waals surface area contributed by atoms with Gasteiger partial charge in [0, 0.05) is 6.54 Å². The van der Waals surface area contributed by atoms with Gasteiger partial charge in [0.1, 0.15) is 11.5 Å². The molecule has 2 aromatic carbocycles. The van der Waals surface area contributed by atoms with Crippen molar-refractivity contribution in [2.45, 2.75) is 45.8 Å². The van der Waals surface area contributed by atoms with Crippen molar-refractivity contribution in [1.29, 1.82) is 0 Å². The number of ketones is 1. The van der Waals surface area contributed by atoms with Gasteiger partial charge in [-0.3, -0.25) is 9.59 Å². The van der Waals surface area contributed by atoms with E-state index in [1.54, 1.807) is 31.2 Å². The molecule has 1 amide bonds. The van der Waals surface area contributed by atoms with Gasteiger partial charge in [0.25, 0.3) is 11.7 Å². The van der Waals surface area contributed by atoms with E-state index in [0.717, 1.165) is 5.56 Å². The number of hydrogen-bond donors (Lipinski definition) is 2. The lowest BCUT2D eigenvalue weighted by Crippen LogP contribution is -2.35. The van der Waals surface area contributed by atoms with Crippen LogP contribution in [-0.2, 0) is 9.59 Å². The molecule has 31 heavy (non-hydrogen) atoms. The Morgan fingerprint density at radius 2 is 1.71 bits per heavy atom. The number of amides is 1. The molecular formula is C25H29NO5. The zero-order valence-corrected chi connectivity index (χ0v) is 18.3. The Kier molecular flexibility index (Phi) is 6.81. The SMILES string of the molecule is CCOc1ccccc1C(O)=C1C(=O)C(=O)N(CC(C)O)C1c1ccc(C(C)C)cc1. The average molecular weight is 424 g/mol. The summed E-state index contributed by atoms with van der Waals surface area (Å²) in [6.45, 7) is 7.92. The van der Waals surface area contributed by atoms with Gasteiger partial charge in [-0.15, -0.1) is 0 Å². The van der Waals surface area contributed by atoms with Crippen LogP contribution in [0.3, 0.4) is 0 Å². The van der Waals surface area contributed by atoms with E-state index in [0.29, 0.717) is 29.4 Å². The lowest BCUT2D eigenvalue weighted by molar-refractivity contribution is -0.140. The van der Waals surface area contributed by atoms with Gasteiger partial charge in [0.05, 0.1) is 29.9 Å². The molecule has 2 atom stereocenters. The maximum atomic E-state index is 13.0. The molecule has 164 valence electrons. The van der Waals surface area contributed by atoms with Gasteiger partial charge in [-0.05, 0) is 43.0 Å². The first-order chi connectivity index (χ1) is 14.8. The molecule has 1 aliphatic heterocycles. The Morgan fingerprint density at radius 1 is 1.06 bits per heavy atom. The highest BCUT2D eigenvalue weighted by molar-refractivity contribution is 6.46. The molecule has 6 nitrogen and oxygen atoms in total. The molecule has 1 saturated heterocycles. The molecule has 1 fully saturated rings. The molecule has 3 rings (SSSR count). The number of benzene rings is 2. The van der Waals surface area contributed by atoms with Gasteiger partial charge < -0.3 is 19.8 Å². The van der Waals surface area contributed by atoms with Crippen molar-refractivity contribution in [3.05, 3.63) is 70.8 Å². The molecule has 0 radical (unpaired) electrons. The Labute approximate surface area is 182 Å². The average Bonchev–Trinajstić information content (AvgIpc) is 2.98. The van der Waals surface area contributed by atoms with Gasteiger partial charge in [-0.25, -0.2) is 0 Å². The van der Waals surface area contributed by atoms with Crippen LogP contribution in [0.2, 0.25) is 0 Å². The van der Waals surface area contributed by atoms with E-state index < -0.39 is 23.8 Å². The molecule has 1 aliphatic rings. The summed E-state index contributed by atoms with van der Waals surface area (Å²) in [5, 5.41) is 21.1. The van der Waals surface area contributed by atoms with Crippen LogP contribution in [0, 0.1) is 0 Å². The zero-order chi connectivity index (χ0) is 22.7. The van der Waals surface area contributed by atoms with E-state index in [1.807, 2.05) is 31.2 Å². The third-order valence-corrected chi connectivity index (χ3v) is 5.36. The van der Waals surface area contributed by atoms with E-state index in [4.69, 9.17) is 4.74 Å². The van der Waals surface area contributed by atoms with Crippen LogP contribution in [-0.4, -0.2) is 46.1 Å². The quantitative estimate of drug-likeness (QED) is 0.399. The number of aliphatic hydroxyl groups is 2. The number of likely N-dealkylation sites (tertiary alicyclic amines) is 1. The summed E-state index contributed by atoms with van der Waals surface area (Å²) in [5.74, 6) is -1.04. The van der Waals surface area contributed by atoms with Crippen molar-refractivity contribution in [3.63, 3.8) is 0 Å². The molecule has 1 heterocycles.